The Bertz CT molecular complexity index is 687. The number of carbonyl (C=O) groups excluding carboxylic acids is 1. The molecule has 1 aromatic carbocycles. The van der Waals surface area contributed by atoms with E-state index >= 15 is 0 Å². The number of carbonyl (C=O) groups is 1. The van der Waals surface area contributed by atoms with Crippen molar-refractivity contribution in [1.29, 1.82) is 0 Å². The average Bonchev–Trinajstić information content (AvgIpc) is 3.21. The van der Waals surface area contributed by atoms with E-state index in [1.807, 2.05) is 6.92 Å². The molecular weight excluding hydrogens is 313 g/mol. The molecule has 2 heterocycles. The minimum absolute atomic E-state index is 0.00783. The topological polar surface area (TPSA) is 67.6 Å². The lowest BCUT2D eigenvalue weighted by Gasteiger charge is -2.25. The Labute approximate surface area is 139 Å². The minimum Gasteiger partial charge on any atom is -0.491 e. The Balaban J connectivity index is 1.51. The van der Waals surface area contributed by atoms with Crippen LogP contribution in [0.15, 0.2) is 35.1 Å². The van der Waals surface area contributed by atoms with Crippen molar-refractivity contribution in [2.24, 2.45) is 0 Å². The van der Waals surface area contributed by atoms with Gasteiger partial charge in [-0.15, -0.1) is 0 Å². The van der Waals surface area contributed by atoms with Crippen molar-refractivity contribution in [2.75, 3.05) is 13.2 Å². The number of halogens is 1. The smallest absolute Gasteiger partial charge is 0.318 e. The number of aryl methyl sites for hydroxylation is 1. The SMILES string of the molecule is Cc1ocnc1CNC(=O)N1CCC[C@H]1COc1ccc(F)cc1. The predicted molar refractivity (Wildman–Crippen MR) is 85.1 cm³/mol. The highest BCUT2D eigenvalue weighted by atomic mass is 19.1. The zero-order valence-electron chi connectivity index (χ0n) is 13.5. The monoisotopic (exact) mass is 333 g/mol. The second kappa shape index (κ2) is 7.33. The highest BCUT2D eigenvalue weighted by Gasteiger charge is 2.29. The molecule has 2 aromatic rings. The largest absolute Gasteiger partial charge is 0.491 e. The molecule has 24 heavy (non-hydrogen) atoms. The molecule has 0 radical (unpaired) electrons. The van der Waals surface area contributed by atoms with Crippen LogP contribution >= 0.6 is 0 Å². The molecule has 1 N–H and O–H groups in total. The maximum absolute atomic E-state index is 12.9. The van der Waals surface area contributed by atoms with E-state index in [2.05, 4.69) is 10.3 Å². The van der Waals surface area contributed by atoms with E-state index in [1.54, 1.807) is 17.0 Å². The number of likely N-dealkylation sites (tertiary alicyclic amines) is 1. The van der Waals surface area contributed by atoms with E-state index in [0.29, 0.717) is 31.2 Å². The number of amides is 2. The standard InChI is InChI=1S/C17H20FN3O3/c1-12-16(20-11-24-12)9-19-17(22)21-8-2-3-14(21)10-23-15-6-4-13(18)5-7-15/h4-7,11,14H,2-3,8-10H2,1H3,(H,19,22)/t14-/m0/s1. The van der Waals surface area contributed by atoms with Gasteiger partial charge in [-0.25, -0.2) is 14.2 Å². The molecule has 6 nitrogen and oxygen atoms in total. The van der Waals surface area contributed by atoms with E-state index in [9.17, 15) is 9.18 Å². The molecule has 1 aliphatic heterocycles. The molecule has 3 rings (SSSR count). The summed E-state index contributed by atoms with van der Waals surface area (Å²) < 4.78 is 23.7. The zero-order valence-corrected chi connectivity index (χ0v) is 13.5. The van der Waals surface area contributed by atoms with Gasteiger partial charge in [-0.05, 0) is 44.0 Å². The van der Waals surface area contributed by atoms with E-state index < -0.39 is 0 Å². The number of nitrogens with one attached hydrogen (secondary N) is 1. The Hall–Kier alpha value is -2.57. The molecule has 0 spiro atoms. The van der Waals surface area contributed by atoms with Crippen LogP contribution in [0.5, 0.6) is 5.75 Å². The third-order valence-corrected chi connectivity index (χ3v) is 4.15. The Kier molecular flexibility index (Phi) is 4.98. The van der Waals surface area contributed by atoms with Crippen molar-refractivity contribution in [2.45, 2.75) is 32.4 Å². The van der Waals surface area contributed by atoms with Crippen LogP contribution in [-0.2, 0) is 6.54 Å². The fraction of sp³-hybridized carbons (Fsp3) is 0.412. The summed E-state index contributed by atoms with van der Waals surface area (Å²) in [4.78, 5) is 18.2. The van der Waals surface area contributed by atoms with Gasteiger partial charge in [0.25, 0.3) is 0 Å². The van der Waals surface area contributed by atoms with Gasteiger partial charge in [0, 0.05) is 6.54 Å². The van der Waals surface area contributed by atoms with Crippen molar-refractivity contribution in [3.05, 3.63) is 47.9 Å². The van der Waals surface area contributed by atoms with Crippen LogP contribution in [0.4, 0.5) is 9.18 Å². The fourth-order valence-electron chi connectivity index (χ4n) is 2.76. The molecule has 7 heteroatoms. The number of benzene rings is 1. The molecule has 1 fully saturated rings. The Morgan fingerprint density at radius 3 is 2.96 bits per heavy atom. The minimum atomic E-state index is -0.299. The molecule has 1 atom stereocenters. The van der Waals surface area contributed by atoms with Crippen molar-refractivity contribution in [3.8, 4) is 5.75 Å². The van der Waals surface area contributed by atoms with E-state index in [1.165, 1.54) is 18.5 Å². The molecule has 0 unspecified atom stereocenters. The second-order valence-electron chi connectivity index (χ2n) is 5.77. The van der Waals surface area contributed by atoms with Crippen LogP contribution in [0, 0.1) is 12.7 Å². The molecule has 1 aromatic heterocycles. The van der Waals surface area contributed by atoms with Gasteiger partial charge in [0.15, 0.2) is 6.39 Å². The normalized spacial score (nSPS) is 17.1. The van der Waals surface area contributed by atoms with Crippen molar-refractivity contribution in [3.63, 3.8) is 0 Å². The van der Waals surface area contributed by atoms with E-state index in [0.717, 1.165) is 18.5 Å². The van der Waals surface area contributed by atoms with Gasteiger partial charge in [0.1, 0.15) is 29.6 Å². The van der Waals surface area contributed by atoms with Gasteiger partial charge in [-0.2, -0.15) is 0 Å². The summed E-state index contributed by atoms with van der Waals surface area (Å²) in [7, 11) is 0. The first-order chi connectivity index (χ1) is 11.6. The van der Waals surface area contributed by atoms with Crippen LogP contribution in [-0.4, -0.2) is 35.1 Å². The predicted octanol–water partition coefficient (Wildman–Crippen LogP) is 2.88. The van der Waals surface area contributed by atoms with Crippen molar-refractivity contribution < 1.29 is 18.3 Å². The number of oxazole rings is 1. The zero-order chi connectivity index (χ0) is 16.9. The highest BCUT2D eigenvalue weighted by Crippen LogP contribution is 2.19. The number of hydrogen-bond acceptors (Lipinski definition) is 4. The highest BCUT2D eigenvalue weighted by molar-refractivity contribution is 5.74. The molecule has 0 saturated carbocycles. The van der Waals surface area contributed by atoms with Gasteiger partial charge in [-0.3, -0.25) is 0 Å². The first-order valence-corrected chi connectivity index (χ1v) is 7.95. The van der Waals surface area contributed by atoms with Crippen LogP contribution < -0.4 is 10.1 Å². The number of aromatic nitrogens is 1. The van der Waals surface area contributed by atoms with E-state index in [-0.39, 0.29) is 17.9 Å². The van der Waals surface area contributed by atoms with Gasteiger partial charge in [0.05, 0.1) is 12.6 Å². The first-order valence-electron chi connectivity index (χ1n) is 7.95. The molecule has 0 aliphatic carbocycles. The quantitative estimate of drug-likeness (QED) is 0.913. The van der Waals surface area contributed by atoms with Crippen LogP contribution in [0.2, 0.25) is 0 Å². The van der Waals surface area contributed by atoms with Crippen LogP contribution in [0.25, 0.3) is 0 Å². The molecule has 1 aliphatic rings. The summed E-state index contributed by atoms with van der Waals surface area (Å²) in [5, 5.41) is 2.86. The molecule has 1 saturated heterocycles. The maximum atomic E-state index is 12.9. The first kappa shape index (κ1) is 16.3. The molecule has 128 valence electrons. The fourth-order valence-corrected chi connectivity index (χ4v) is 2.76. The average molecular weight is 333 g/mol. The summed E-state index contributed by atoms with van der Waals surface area (Å²) in [6.45, 7) is 3.23. The lowest BCUT2D eigenvalue weighted by Crippen LogP contribution is -2.44. The molecule has 0 bridgehead atoms. The number of urea groups is 1. The van der Waals surface area contributed by atoms with Crippen LogP contribution in [0.1, 0.15) is 24.3 Å². The number of rotatable bonds is 5. The lowest BCUT2D eigenvalue weighted by atomic mass is 10.2. The van der Waals surface area contributed by atoms with Crippen LogP contribution in [0.3, 0.4) is 0 Å². The third-order valence-electron chi connectivity index (χ3n) is 4.15. The second-order valence-corrected chi connectivity index (χ2v) is 5.77. The lowest BCUT2D eigenvalue weighted by molar-refractivity contribution is 0.165. The maximum Gasteiger partial charge on any atom is 0.318 e. The van der Waals surface area contributed by atoms with Gasteiger partial charge in [0.2, 0.25) is 0 Å². The molecule has 2 amide bonds. The Morgan fingerprint density at radius 2 is 2.25 bits per heavy atom. The Morgan fingerprint density at radius 1 is 1.46 bits per heavy atom. The summed E-state index contributed by atoms with van der Waals surface area (Å²) in [6, 6.07) is 5.75. The number of hydrogen-bond donors (Lipinski definition) is 1. The third kappa shape index (κ3) is 3.84. The number of nitrogens with zero attached hydrogens (tertiary/aromatic N) is 2. The summed E-state index contributed by atoms with van der Waals surface area (Å²) in [6.07, 6.45) is 3.19. The van der Waals surface area contributed by atoms with E-state index in [4.69, 9.17) is 9.15 Å². The van der Waals surface area contributed by atoms with Crippen molar-refractivity contribution >= 4 is 6.03 Å². The van der Waals surface area contributed by atoms with Crippen molar-refractivity contribution in [1.82, 2.24) is 15.2 Å². The van der Waals surface area contributed by atoms with Gasteiger partial charge >= 0.3 is 6.03 Å². The summed E-state index contributed by atoms with van der Waals surface area (Å²) in [5.41, 5.74) is 0.724. The summed E-state index contributed by atoms with van der Waals surface area (Å²) >= 11 is 0. The summed E-state index contributed by atoms with van der Waals surface area (Å²) in [5.74, 6) is 1.00. The van der Waals surface area contributed by atoms with Gasteiger partial charge in [-0.1, -0.05) is 0 Å². The molecular formula is C17H20FN3O3. The number of ether oxygens (including phenoxy) is 1. The van der Waals surface area contributed by atoms with Gasteiger partial charge < -0.3 is 19.4 Å².